The second-order valence-electron chi connectivity index (χ2n) is 4.76. The first kappa shape index (κ1) is 15.1. The van der Waals surface area contributed by atoms with E-state index in [2.05, 4.69) is 5.32 Å². The second kappa shape index (κ2) is 6.41. The molecule has 2 aromatic rings. The largest absolute Gasteiger partial charge is 0.351 e. The molecule has 0 fully saturated rings. The first-order valence-electron chi connectivity index (χ1n) is 6.42. The zero-order chi connectivity index (χ0) is 15.4. The Labute approximate surface area is 127 Å². The Kier molecular flexibility index (Phi) is 4.59. The van der Waals surface area contributed by atoms with Crippen molar-refractivity contribution >= 4 is 29.0 Å². The first-order valence-corrected chi connectivity index (χ1v) is 7.30. The van der Waals surface area contributed by atoms with Crippen LogP contribution >= 0.6 is 11.3 Å². The second-order valence-corrected chi connectivity index (χ2v) is 5.76. The van der Waals surface area contributed by atoms with Gasteiger partial charge in [-0.25, -0.2) is 4.79 Å². The Morgan fingerprint density at radius 1 is 1.33 bits per heavy atom. The molecule has 1 aromatic heterocycles. The van der Waals surface area contributed by atoms with Crippen LogP contribution in [0, 0.1) is 6.92 Å². The van der Waals surface area contributed by atoms with Crippen LogP contribution in [0.15, 0.2) is 35.7 Å². The summed E-state index contributed by atoms with van der Waals surface area (Å²) in [6.07, 6.45) is 0. The molecule has 0 saturated carbocycles. The van der Waals surface area contributed by atoms with E-state index in [0.29, 0.717) is 17.8 Å². The predicted octanol–water partition coefficient (Wildman–Crippen LogP) is 2.82. The lowest BCUT2D eigenvalue weighted by Gasteiger charge is -2.17. The van der Waals surface area contributed by atoms with E-state index in [-0.39, 0.29) is 5.91 Å². The Morgan fingerprint density at radius 3 is 2.71 bits per heavy atom. The molecule has 1 heterocycles. The van der Waals surface area contributed by atoms with Crippen LogP contribution in [0.5, 0.6) is 0 Å². The standard InChI is InChI=1S/C15H17N3O2S/c1-10-6-7-21-13(10)9-18(2)14(19)11-4-3-5-12(8-11)17-15(16)20/h3-8H,9H2,1-2H3,(H3,16,17,20). The highest BCUT2D eigenvalue weighted by molar-refractivity contribution is 7.10. The van der Waals surface area contributed by atoms with E-state index in [1.165, 1.54) is 5.56 Å². The molecule has 0 aliphatic carbocycles. The Morgan fingerprint density at radius 2 is 2.10 bits per heavy atom. The maximum absolute atomic E-state index is 12.4. The molecule has 0 bridgehead atoms. The summed E-state index contributed by atoms with van der Waals surface area (Å²) in [5.74, 6) is -0.101. The molecule has 0 unspecified atom stereocenters. The van der Waals surface area contributed by atoms with Crippen molar-refractivity contribution < 1.29 is 9.59 Å². The van der Waals surface area contributed by atoms with Crippen LogP contribution in [0.25, 0.3) is 0 Å². The van der Waals surface area contributed by atoms with Crippen molar-refractivity contribution in [3.05, 3.63) is 51.7 Å². The molecular formula is C15H17N3O2S. The number of nitrogens with one attached hydrogen (secondary N) is 1. The molecule has 0 atom stereocenters. The summed E-state index contributed by atoms with van der Waals surface area (Å²) in [5.41, 5.74) is 7.28. The molecule has 0 aliphatic heterocycles. The van der Waals surface area contributed by atoms with Crippen LogP contribution in [0.4, 0.5) is 10.5 Å². The van der Waals surface area contributed by atoms with Crippen molar-refractivity contribution in [2.75, 3.05) is 12.4 Å². The lowest BCUT2D eigenvalue weighted by atomic mass is 10.1. The molecule has 110 valence electrons. The van der Waals surface area contributed by atoms with E-state index < -0.39 is 6.03 Å². The third-order valence-electron chi connectivity index (χ3n) is 3.07. The van der Waals surface area contributed by atoms with Crippen molar-refractivity contribution in [3.63, 3.8) is 0 Å². The zero-order valence-corrected chi connectivity index (χ0v) is 12.7. The summed E-state index contributed by atoms with van der Waals surface area (Å²) < 4.78 is 0. The molecule has 3 amide bonds. The smallest absolute Gasteiger partial charge is 0.316 e. The van der Waals surface area contributed by atoms with Gasteiger partial charge in [0.25, 0.3) is 5.91 Å². The fourth-order valence-electron chi connectivity index (χ4n) is 1.95. The highest BCUT2D eigenvalue weighted by Crippen LogP contribution is 2.19. The lowest BCUT2D eigenvalue weighted by Crippen LogP contribution is -2.26. The number of hydrogen-bond donors (Lipinski definition) is 2. The van der Waals surface area contributed by atoms with Crippen LogP contribution in [0.3, 0.4) is 0 Å². The van der Waals surface area contributed by atoms with Crippen LogP contribution < -0.4 is 11.1 Å². The van der Waals surface area contributed by atoms with Gasteiger partial charge in [0.1, 0.15) is 0 Å². The third kappa shape index (κ3) is 3.82. The molecule has 5 nitrogen and oxygen atoms in total. The lowest BCUT2D eigenvalue weighted by molar-refractivity contribution is 0.0786. The molecule has 1 aromatic carbocycles. The monoisotopic (exact) mass is 303 g/mol. The van der Waals surface area contributed by atoms with Crippen molar-refractivity contribution in [2.45, 2.75) is 13.5 Å². The van der Waals surface area contributed by atoms with E-state index in [1.807, 2.05) is 18.4 Å². The normalized spacial score (nSPS) is 10.2. The van der Waals surface area contributed by atoms with Crippen molar-refractivity contribution in [1.82, 2.24) is 4.90 Å². The molecule has 3 N–H and O–H groups in total. The molecule has 6 heteroatoms. The predicted molar refractivity (Wildman–Crippen MR) is 84.5 cm³/mol. The van der Waals surface area contributed by atoms with Gasteiger partial charge in [0.05, 0.1) is 6.54 Å². The van der Waals surface area contributed by atoms with Crippen molar-refractivity contribution in [2.24, 2.45) is 5.73 Å². The van der Waals surface area contributed by atoms with E-state index in [4.69, 9.17) is 5.73 Å². The van der Waals surface area contributed by atoms with Crippen LogP contribution in [0.2, 0.25) is 0 Å². The van der Waals surface area contributed by atoms with E-state index in [1.54, 1.807) is 47.5 Å². The van der Waals surface area contributed by atoms with Crippen molar-refractivity contribution in [1.29, 1.82) is 0 Å². The van der Waals surface area contributed by atoms with E-state index >= 15 is 0 Å². The van der Waals surface area contributed by atoms with Crippen molar-refractivity contribution in [3.8, 4) is 0 Å². The number of amides is 3. The summed E-state index contributed by atoms with van der Waals surface area (Å²) in [5, 5.41) is 4.48. The van der Waals surface area contributed by atoms with Gasteiger partial charge in [-0.15, -0.1) is 11.3 Å². The number of nitrogens with two attached hydrogens (primary N) is 1. The molecule has 0 spiro atoms. The molecule has 0 saturated heterocycles. The quantitative estimate of drug-likeness (QED) is 0.911. The molecular weight excluding hydrogens is 286 g/mol. The minimum absolute atomic E-state index is 0.101. The van der Waals surface area contributed by atoms with Gasteiger partial charge in [-0.2, -0.15) is 0 Å². The number of aryl methyl sites for hydroxylation is 1. The number of nitrogens with zero attached hydrogens (tertiary/aromatic N) is 1. The van der Waals surface area contributed by atoms with E-state index in [0.717, 1.165) is 4.88 Å². The average Bonchev–Trinajstić information content (AvgIpc) is 2.83. The topological polar surface area (TPSA) is 75.4 Å². The number of thiophene rings is 1. The summed E-state index contributed by atoms with van der Waals surface area (Å²) in [6, 6.07) is 8.11. The average molecular weight is 303 g/mol. The molecule has 0 radical (unpaired) electrons. The maximum Gasteiger partial charge on any atom is 0.316 e. The number of carbonyl (C=O) groups is 2. The fraction of sp³-hybridized carbons (Fsp3) is 0.200. The zero-order valence-electron chi connectivity index (χ0n) is 11.9. The number of rotatable bonds is 4. The Balaban J connectivity index is 2.12. The first-order chi connectivity index (χ1) is 9.97. The summed E-state index contributed by atoms with van der Waals surface area (Å²) >= 11 is 1.63. The maximum atomic E-state index is 12.4. The van der Waals surface area contributed by atoms with Crippen LogP contribution in [-0.4, -0.2) is 23.9 Å². The van der Waals surface area contributed by atoms with Gasteiger partial charge < -0.3 is 16.0 Å². The van der Waals surface area contributed by atoms with Crippen LogP contribution in [0.1, 0.15) is 20.8 Å². The van der Waals surface area contributed by atoms with Crippen LogP contribution in [-0.2, 0) is 6.54 Å². The van der Waals surface area contributed by atoms with Gasteiger partial charge in [-0.1, -0.05) is 6.07 Å². The minimum atomic E-state index is -0.651. The van der Waals surface area contributed by atoms with Gasteiger partial charge in [-0.3, -0.25) is 4.79 Å². The fourth-order valence-corrected chi connectivity index (χ4v) is 2.90. The summed E-state index contributed by atoms with van der Waals surface area (Å²) in [6.45, 7) is 2.59. The highest BCUT2D eigenvalue weighted by atomic mass is 32.1. The van der Waals surface area contributed by atoms with Gasteiger partial charge >= 0.3 is 6.03 Å². The molecule has 21 heavy (non-hydrogen) atoms. The number of anilines is 1. The van der Waals surface area contributed by atoms with Gasteiger partial charge in [0.15, 0.2) is 0 Å². The SMILES string of the molecule is Cc1ccsc1CN(C)C(=O)c1cccc(NC(N)=O)c1. The van der Waals surface area contributed by atoms with Gasteiger partial charge in [-0.05, 0) is 42.1 Å². The Bertz CT molecular complexity index is 666. The number of benzene rings is 1. The minimum Gasteiger partial charge on any atom is -0.351 e. The summed E-state index contributed by atoms with van der Waals surface area (Å²) in [7, 11) is 1.76. The molecule has 2 rings (SSSR count). The number of urea groups is 1. The number of carbonyl (C=O) groups excluding carboxylic acids is 2. The molecule has 0 aliphatic rings. The number of primary amides is 1. The highest BCUT2D eigenvalue weighted by Gasteiger charge is 2.14. The Hall–Kier alpha value is -2.34. The number of hydrogen-bond acceptors (Lipinski definition) is 3. The third-order valence-corrected chi connectivity index (χ3v) is 4.08. The van der Waals surface area contributed by atoms with Gasteiger partial charge in [0, 0.05) is 23.2 Å². The summed E-state index contributed by atoms with van der Waals surface area (Å²) in [4.78, 5) is 26.1. The van der Waals surface area contributed by atoms with Gasteiger partial charge in [0.2, 0.25) is 0 Å². The van der Waals surface area contributed by atoms with E-state index in [9.17, 15) is 9.59 Å².